The Labute approximate surface area is 90.5 Å². The van der Waals surface area contributed by atoms with Crippen LogP contribution in [0, 0.1) is 0 Å². The molecule has 0 atom stereocenters. The van der Waals surface area contributed by atoms with Crippen molar-refractivity contribution < 1.29 is 4.79 Å². The van der Waals surface area contributed by atoms with E-state index in [-0.39, 0.29) is 0 Å². The smallest absolute Gasteiger partial charge is 0.151 e. The minimum absolute atomic E-state index is 0.492. The van der Waals surface area contributed by atoms with Gasteiger partial charge in [-0.25, -0.2) is 0 Å². The molecule has 0 saturated heterocycles. The minimum Gasteiger partial charge on any atom is -0.298 e. The van der Waals surface area contributed by atoms with Crippen LogP contribution in [0.1, 0.15) is 15.9 Å². The van der Waals surface area contributed by atoms with E-state index < -0.39 is 0 Å². The number of benzene rings is 1. The maximum atomic E-state index is 10.5. The molecule has 0 radical (unpaired) electrons. The van der Waals surface area contributed by atoms with Gasteiger partial charge in [0, 0.05) is 10.9 Å². The number of allylic oxidation sites excluding steroid dienone is 1. The molecule has 0 unspecified atom stereocenters. The van der Waals surface area contributed by atoms with E-state index in [0.29, 0.717) is 10.6 Å². The van der Waals surface area contributed by atoms with E-state index >= 15 is 0 Å². The highest BCUT2D eigenvalue weighted by Gasteiger charge is 1.97. The number of aldehydes is 1. The lowest BCUT2D eigenvalue weighted by molar-refractivity contribution is 0.112. The van der Waals surface area contributed by atoms with Crippen molar-refractivity contribution in [3.63, 3.8) is 0 Å². The topological polar surface area (TPSA) is 17.1 Å². The predicted molar refractivity (Wildman–Crippen MR) is 59.7 cm³/mol. The van der Waals surface area contributed by atoms with Crippen molar-refractivity contribution in [1.29, 1.82) is 0 Å². The number of carbonyl (C=O) groups excluding carboxylic acids is 1. The zero-order valence-corrected chi connectivity index (χ0v) is 9.18. The van der Waals surface area contributed by atoms with Crippen molar-refractivity contribution in [1.82, 2.24) is 0 Å². The van der Waals surface area contributed by atoms with E-state index in [0.717, 1.165) is 17.2 Å². The number of hydrogen-bond donors (Lipinski definition) is 0. The van der Waals surface area contributed by atoms with Gasteiger partial charge in [-0.05, 0) is 17.7 Å². The molecule has 0 bridgehead atoms. The molecule has 13 heavy (non-hydrogen) atoms. The van der Waals surface area contributed by atoms with Gasteiger partial charge in [0.1, 0.15) is 0 Å². The first-order valence-corrected chi connectivity index (χ1v) is 5.25. The number of carbonyl (C=O) groups is 1. The first-order valence-electron chi connectivity index (χ1n) is 3.75. The Kier molecular flexibility index (Phi) is 4.19. The second-order valence-electron chi connectivity index (χ2n) is 2.46. The van der Waals surface area contributed by atoms with Crippen LogP contribution in [-0.2, 0) is 0 Å². The fourth-order valence-corrected chi connectivity index (χ4v) is 1.29. The number of halogens is 2. The van der Waals surface area contributed by atoms with Gasteiger partial charge >= 0.3 is 0 Å². The third kappa shape index (κ3) is 2.98. The Morgan fingerprint density at radius 3 is 2.85 bits per heavy atom. The van der Waals surface area contributed by atoms with Crippen molar-refractivity contribution in [2.75, 3.05) is 5.33 Å². The summed E-state index contributed by atoms with van der Waals surface area (Å²) in [6.45, 7) is 0. The largest absolute Gasteiger partial charge is 0.298 e. The number of alkyl halides is 1. The molecule has 68 valence electrons. The average molecular weight is 260 g/mol. The minimum atomic E-state index is 0.492. The van der Waals surface area contributed by atoms with Gasteiger partial charge in [0.2, 0.25) is 0 Å². The summed E-state index contributed by atoms with van der Waals surface area (Å²) in [7, 11) is 0. The standard InChI is InChI=1S/C10H8BrClO/c11-5-1-2-8-3-4-10(12)9(6-8)7-13/h1-4,6-7H,5H2. The highest BCUT2D eigenvalue weighted by molar-refractivity contribution is 9.09. The summed E-state index contributed by atoms with van der Waals surface area (Å²) in [6.07, 6.45) is 4.64. The Balaban J connectivity index is 2.99. The van der Waals surface area contributed by atoms with Gasteiger partial charge in [-0.1, -0.05) is 45.7 Å². The number of hydrogen-bond acceptors (Lipinski definition) is 1. The monoisotopic (exact) mass is 258 g/mol. The van der Waals surface area contributed by atoms with Gasteiger partial charge in [-0.2, -0.15) is 0 Å². The van der Waals surface area contributed by atoms with Crippen LogP contribution in [-0.4, -0.2) is 11.6 Å². The maximum absolute atomic E-state index is 10.5. The molecule has 1 aromatic rings. The lowest BCUT2D eigenvalue weighted by Crippen LogP contribution is -1.83. The van der Waals surface area contributed by atoms with Crippen molar-refractivity contribution in [2.24, 2.45) is 0 Å². The fraction of sp³-hybridized carbons (Fsp3) is 0.100. The van der Waals surface area contributed by atoms with Gasteiger partial charge < -0.3 is 0 Å². The second-order valence-corrected chi connectivity index (χ2v) is 3.51. The summed E-state index contributed by atoms with van der Waals surface area (Å²) in [4.78, 5) is 10.5. The third-order valence-corrected chi connectivity index (χ3v) is 2.26. The lowest BCUT2D eigenvalue weighted by atomic mass is 10.1. The average Bonchev–Trinajstić information content (AvgIpc) is 2.16. The zero-order valence-electron chi connectivity index (χ0n) is 6.84. The summed E-state index contributed by atoms with van der Waals surface area (Å²) in [5.74, 6) is 0. The van der Waals surface area contributed by atoms with Crippen molar-refractivity contribution in [2.45, 2.75) is 0 Å². The summed E-state index contributed by atoms with van der Waals surface area (Å²) in [6, 6.07) is 5.35. The van der Waals surface area contributed by atoms with Crippen LogP contribution in [0.5, 0.6) is 0 Å². The molecule has 1 rings (SSSR count). The maximum Gasteiger partial charge on any atom is 0.151 e. The Morgan fingerprint density at radius 2 is 2.23 bits per heavy atom. The number of rotatable bonds is 3. The van der Waals surface area contributed by atoms with Gasteiger partial charge in [0.25, 0.3) is 0 Å². The van der Waals surface area contributed by atoms with Gasteiger partial charge in [0.05, 0.1) is 5.02 Å². The van der Waals surface area contributed by atoms with E-state index in [4.69, 9.17) is 11.6 Å². The molecule has 1 aromatic carbocycles. The van der Waals surface area contributed by atoms with Crippen LogP contribution in [0.25, 0.3) is 6.08 Å². The zero-order chi connectivity index (χ0) is 9.68. The Morgan fingerprint density at radius 1 is 1.46 bits per heavy atom. The van der Waals surface area contributed by atoms with Crippen LogP contribution in [0.2, 0.25) is 5.02 Å². The summed E-state index contributed by atoms with van der Waals surface area (Å²) < 4.78 is 0. The van der Waals surface area contributed by atoms with Gasteiger partial charge in [0.15, 0.2) is 6.29 Å². The van der Waals surface area contributed by atoms with Crippen LogP contribution in [0.15, 0.2) is 24.3 Å². The van der Waals surface area contributed by atoms with Crippen LogP contribution >= 0.6 is 27.5 Å². The SMILES string of the molecule is O=Cc1cc(C=CCBr)ccc1Cl. The van der Waals surface area contributed by atoms with Crippen molar-refractivity contribution in [3.05, 3.63) is 40.4 Å². The van der Waals surface area contributed by atoms with Crippen molar-refractivity contribution >= 4 is 39.9 Å². The predicted octanol–water partition coefficient (Wildman–Crippen LogP) is 3.56. The lowest BCUT2D eigenvalue weighted by Gasteiger charge is -1.97. The summed E-state index contributed by atoms with van der Waals surface area (Å²) >= 11 is 9.04. The normalized spacial score (nSPS) is 10.6. The van der Waals surface area contributed by atoms with Crippen LogP contribution < -0.4 is 0 Å². The van der Waals surface area contributed by atoms with Gasteiger partial charge in [-0.15, -0.1) is 0 Å². The van der Waals surface area contributed by atoms with E-state index in [2.05, 4.69) is 15.9 Å². The molecule has 0 spiro atoms. The first kappa shape index (κ1) is 10.5. The quantitative estimate of drug-likeness (QED) is 0.599. The van der Waals surface area contributed by atoms with E-state index in [1.165, 1.54) is 0 Å². The Bertz CT molecular complexity index is 334. The summed E-state index contributed by atoms with van der Waals surface area (Å²) in [5.41, 5.74) is 1.50. The molecule has 0 fully saturated rings. The Hall–Kier alpha value is -0.600. The van der Waals surface area contributed by atoms with Crippen molar-refractivity contribution in [3.8, 4) is 0 Å². The molecule has 3 heteroatoms. The molecule has 0 amide bonds. The van der Waals surface area contributed by atoms with E-state index in [1.807, 2.05) is 18.2 Å². The molecule has 0 aliphatic heterocycles. The molecule has 1 nitrogen and oxygen atoms in total. The van der Waals surface area contributed by atoms with E-state index in [9.17, 15) is 4.79 Å². The molecule has 0 saturated carbocycles. The van der Waals surface area contributed by atoms with Crippen LogP contribution in [0.4, 0.5) is 0 Å². The summed E-state index contributed by atoms with van der Waals surface area (Å²) in [5, 5.41) is 1.29. The molecule has 0 N–H and O–H groups in total. The first-order chi connectivity index (χ1) is 6.27. The third-order valence-electron chi connectivity index (χ3n) is 1.55. The second kappa shape index (κ2) is 5.20. The van der Waals surface area contributed by atoms with Crippen LogP contribution in [0.3, 0.4) is 0 Å². The van der Waals surface area contributed by atoms with Gasteiger partial charge in [-0.3, -0.25) is 4.79 Å². The van der Waals surface area contributed by atoms with E-state index in [1.54, 1.807) is 12.1 Å². The molecular weight excluding hydrogens is 251 g/mol. The molecule has 0 aromatic heterocycles. The molecule has 0 aliphatic rings. The molecule has 0 heterocycles. The highest BCUT2D eigenvalue weighted by Crippen LogP contribution is 2.16. The fourth-order valence-electron chi connectivity index (χ4n) is 0.937. The molecule has 0 aliphatic carbocycles. The molecular formula is C10H8BrClO. The highest BCUT2D eigenvalue weighted by atomic mass is 79.9.